The molecule has 13 heteroatoms. The van der Waals surface area contributed by atoms with Crippen LogP contribution in [0.4, 0.5) is 10.5 Å². The number of nitrogens with zero attached hydrogens (tertiary/aromatic N) is 6. The minimum Gasteiger partial charge on any atom is -0.319 e. The monoisotopic (exact) mass is 495 g/mol. The highest BCUT2D eigenvalue weighted by atomic mass is 32.2. The van der Waals surface area contributed by atoms with Gasteiger partial charge in [0.05, 0.1) is 24.2 Å². The second-order valence-electron chi connectivity index (χ2n) is 8.60. The molecule has 1 aromatic heterocycles. The van der Waals surface area contributed by atoms with Crippen LogP contribution in [0.15, 0.2) is 48.8 Å². The molecule has 0 bridgehead atoms. The number of ketones is 1. The molecular weight excluding hydrogens is 474 g/mol. The van der Waals surface area contributed by atoms with E-state index in [1.54, 1.807) is 43.3 Å². The zero-order valence-electron chi connectivity index (χ0n) is 18.9. The largest absolute Gasteiger partial charge is 0.325 e. The summed E-state index contributed by atoms with van der Waals surface area (Å²) in [5, 5.41) is 13.7. The van der Waals surface area contributed by atoms with Crippen LogP contribution in [0.25, 0.3) is 5.69 Å². The molecule has 2 aliphatic heterocycles. The molecule has 3 heterocycles. The lowest BCUT2D eigenvalue weighted by Crippen LogP contribution is -2.41. The molecule has 1 fully saturated rings. The topological polar surface area (TPSA) is 147 Å². The number of aromatic nitrogens is 4. The minimum atomic E-state index is -3.41. The van der Waals surface area contributed by atoms with E-state index < -0.39 is 39.8 Å². The summed E-state index contributed by atoms with van der Waals surface area (Å²) < 4.78 is 26.6. The first-order chi connectivity index (χ1) is 16.6. The van der Waals surface area contributed by atoms with Gasteiger partial charge in [-0.2, -0.15) is 0 Å². The molecule has 35 heavy (non-hydrogen) atoms. The molecule has 5 rings (SSSR count). The van der Waals surface area contributed by atoms with Gasteiger partial charge in [-0.25, -0.2) is 17.9 Å². The quantitative estimate of drug-likeness (QED) is 0.387. The van der Waals surface area contributed by atoms with Crippen molar-refractivity contribution in [3.63, 3.8) is 0 Å². The summed E-state index contributed by atoms with van der Waals surface area (Å²) in [6.45, 7) is 1.44. The predicted molar refractivity (Wildman–Crippen MR) is 123 cm³/mol. The molecule has 0 aliphatic carbocycles. The Balaban J connectivity index is 1.37. The second-order valence-corrected chi connectivity index (χ2v) is 10.5. The van der Waals surface area contributed by atoms with Gasteiger partial charge in [-0.15, -0.1) is 5.10 Å². The fourth-order valence-electron chi connectivity index (χ4n) is 4.40. The molecule has 12 nitrogen and oxygen atoms in total. The standard InChI is InChI=1S/C22H21N7O5S/c1-22(16-4-3-5-17(11-16)28-13-23-25-26-28)20(31)27(21(32)24-22)12-19(30)15-6-7-18-14(10-15)8-9-29(18)35(2,33)34/h3-7,10-11,13H,8-9,12H2,1-2H3,(H,24,32)/t22-/m1/s1. The third kappa shape index (κ3) is 3.83. The summed E-state index contributed by atoms with van der Waals surface area (Å²) in [6.07, 6.45) is 3.02. The van der Waals surface area contributed by atoms with E-state index in [1.807, 2.05) is 0 Å². The van der Waals surface area contributed by atoms with Crippen molar-refractivity contribution in [1.82, 2.24) is 30.4 Å². The average Bonchev–Trinajstić information content (AvgIpc) is 3.55. The van der Waals surface area contributed by atoms with Crippen molar-refractivity contribution >= 4 is 33.4 Å². The van der Waals surface area contributed by atoms with E-state index in [9.17, 15) is 22.8 Å². The van der Waals surface area contributed by atoms with Crippen molar-refractivity contribution in [1.29, 1.82) is 0 Å². The van der Waals surface area contributed by atoms with Crippen molar-refractivity contribution in [2.75, 3.05) is 23.7 Å². The van der Waals surface area contributed by atoms with Crippen molar-refractivity contribution < 1.29 is 22.8 Å². The second kappa shape index (κ2) is 7.98. The molecule has 1 N–H and O–H groups in total. The lowest BCUT2D eigenvalue weighted by Gasteiger charge is -2.22. The van der Waals surface area contributed by atoms with Crippen LogP contribution in [-0.4, -0.2) is 70.6 Å². The molecule has 3 aromatic rings. The fraction of sp³-hybridized carbons (Fsp3) is 0.273. The van der Waals surface area contributed by atoms with Gasteiger partial charge in [-0.1, -0.05) is 12.1 Å². The van der Waals surface area contributed by atoms with E-state index in [0.717, 1.165) is 16.7 Å². The van der Waals surface area contributed by atoms with Crippen LogP contribution < -0.4 is 9.62 Å². The normalized spacial score (nSPS) is 19.7. The van der Waals surface area contributed by atoms with Gasteiger partial charge in [0.15, 0.2) is 5.78 Å². The number of fused-ring (bicyclic) bond motifs is 1. The molecule has 0 unspecified atom stereocenters. The Morgan fingerprint density at radius 3 is 2.69 bits per heavy atom. The van der Waals surface area contributed by atoms with Gasteiger partial charge in [-0.3, -0.25) is 18.8 Å². The fourth-order valence-corrected chi connectivity index (χ4v) is 5.36. The van der Waals surface area contributed by atoms with Gasteiger partial charge in [0, 0.05) is 12.1 Å². The number of carbonyl (C=O) groups is 3. The zero-order chi connectivity index (χ0) is 25.0. The number of anilines is 1. The Hall–Kier alpha value is -4.13. The van der Waals surface area contributed by atoms with E-state index >= 15 is 0 Å². The molecule has 2 aliphatic rings. The number of imide groups is 1. The number of hydrogen-bond donors (Lipinski definition) is 1. The number of urea groups is 1. The first kappa shape index (κ1) is 22.7. The number of rotatable bonds is 6. The third-order valence-corrected chi connectivity index (χ3v) is 7.45. The number of Topliss-reactive ketones (excluding diaryl/α,β-unsaturated/α-hetero) is 1. The van der Waals surface area contributed by atoms with Crippen LogP contribution >= 0.6 is 0 Å². The maximum absolute atomic E-state index is 13.3. The van der Waals surface area contributed by atoms with Gasteiger partial charge in [0.1, 0.15) is 11.9 Å². The highest BCUT2D eigenvalue weighted by molar-refractivity contribution is 7.92. The number of nitrogens with one attached hydrogen (secondary N) is 1. The van der Waals surface area contributed by atoms with Crippen molar-refractivity contribution in [3.8, 4) is 5.69 Å². The summed E-state index contributed by atoms with van der Waals surface area (Å²) in [6, 6.07) is 10.9. The first-order valence-electron chi connectivity index (χ1n) is 10.7. The zero-order valence-corrected chi connectivity index (χ0v) is 19.7. The van der Waals surface area contributed by atoms with E-state index in [-0.39, 0.29) is 0 Å². The molecule has 0 saturated carbocycles. The molecule has 0 radical (unpaired) electrons. The Labute approximate surface area is 200 Å². The molecule has 0 spiro atoms. The van der Waals surface area contributed by atoms with Crippen LogP contribution in [-0.2, 0) is 26.8 Å². The summed E-state index contributed by atoms with van der Waals surface area (Å²) in [5.74, 6) is -0.991. The third-order valence-electron chi connectivity index (χ3n) is 6.27. The minimum absolute atomic E-state index is 0.300. The number of amides is 3. The van der Waals surface area contributed by atoms with E-state index in [4.69, 9.17) is 0 Å². The molecule has 1 atom stereocenters. The molecular formula is C22H21N7O5S. The SMILES string of the molecule is C[C@]1(c2cccc(-n3cnnn3)c2)NC(=O)N(CC(=O)c2ccc3c(c2)CCN3S(C)(=O)=O)C1=O. The molecule has 180 valence electrons. The van der Waals surface area contributed by atoms with Gasteiger partial charge in [0.25, 0.3) is 5.91 Å². The first-order valence-corrected chi connectivity index (χ1v) is 12.5. The van der Waals surface area contributed by atoms with Gasteiger partial charge in [0.2, 0.25) is 10.0 Å². The lowest BCUT2D eigenvalue weighted by molar-refractivity contribution is -0.130. The summed E-state index contributed by atoms with van der Waals surface area (Å²) in [4.78, 5) is 39.9. The predicted octanol–water partition coefficient (Wildman–Crippen LogP) is 0.634. The number of hydrogen-bond acceptors (Lipinski definition) is 8. The number of tetrazole rings is 1. The van der Waals surface area contributed by atoms with Crippen LogP contribution in [0, 0.1) is 0 Å². The number of benzene rings is 2. The average molecular weight is 496 g/mol. The molecule has 3 amide bonds. The van der Waals surface area contributed by atoms with Crippen LogP contribution in [0.5, 0.6) is 0 Å². The van der Waals surface area contributed by atoms with E-state index in [0.29, 0.717) is 35.5 Å². The lowest BCUT2D eigenvalue weighted by atomic mass is 9.91. The van der Waals surface area contributed by atoms with Gasteiger partial charge < -0.3 is 5.32 Å². The van der Waals surface area contributed by atoms with Crippen molar-refractivity contribution in [2.45, 2.75) is 18.9 Å². The number of carbonyl (C=O) groups excluding carboxylic acids is 3. The summed E-state index contributed by atoms with van der Waals surface area (Å²) in [7, 11) is -3.41. The summed E-state index contributed by atoms with van der Waals surface area (Å²) >= 11 is 0. The Morgan fingerprint density at radius 1 is 1.17 bits per heavy atom. The van der Waals surface area contributed by atoms with Crippen LogP contribution in [0.1, 0.15) is 28.4 Å². The number of sulfonamides is 1. The summed E-state index contributed by atoms with van der Waals surface area (Å²) in [5.41, 5.74) is 1.30. The maximum atomic E-state index is 13.3. The van der Waals surface area contributed by atoms with Crippen molar-refractivity contribution in [2.24, 2.45) is 0 Å². The van der Waals surface area contributed by atoms with E-state index in [1.165, 1.54) is 21.4 Å². The Morgan fingerprint density at radius 2 is 1.97 bits per heavy atom. The Kier molecular flexibility index (Phi) is 5.16. The van der Waals surface area contributed by atoms with Gasteiger partial charge >= 0.3 is 6.03 Å². The highest BCUT2D eigenvalue weighted by Crippen LogP contribution is 2.32. The Bertz CT molecular complexity index is 1470. The smallest absolute Gasteiger partial charge is 0.319 e. The molecule has 1 saturated heterocycles. The maximum Gasteiger partial charge on any atom is 0.325 e. The highest BCUT2D eigenvalue weighted by Gasteiger charge is 2.49. The van der Waals surface area contributed by atoms with Crippen LogP contribution in [0.2, 0.25) is 0 Å². The van der Waals surface area contributed by atoms with Crippen molar-refractivity contribution in [3.05, 3.63) is 65.5 Å². The van der Waals surface area contributed by atoms with Gasteiger partial charge in [-0.05, 0) is 65.2 Å². The van der Waals surface area contributed by atoms with E-state index in [2.05, 4.69) is 20.8 Å². The van der Waals surface area contributed by atoms with Crippen LogP contribution in [0.3, 0.4) is 0 Å². The molecule has 2 aromatic carbocycles.